The minimum Gasteiger partial charge on any atom is -0.481 e. The average Bonchev–Trinajstić information content (AvgIpc) is 3.03. The van der Waals surface area contributed by atoms with Crippen molar-refractivity contribution in [2.75, 3.05) is 18.0 Å². The van der Waals surface area contributed by atoms with Gasteiger partial charge in [-0.2, -0.15) is 0 Å². The average molecular weight is 410 g/mol. The summed E-state index contributed by atoms with van der Waals surface area (Å²) in [6.45, 7) is 1.05. The number of rotatable bonds is 5. The van der Waals surface area contributed by atoms with Gasteiger partial charge >= 0.3 is 5.97 Å². The van der Waals surface area contributed by atoms with Crippen LogP contribution in [0.25, 0.3) is 0 Å². The molecule has 150 valence electrons. The Bertz CT molecular complexity index is 925. The third-order valence-electron chi connectivity index (χ3n) is 5.52. The van der Waals surface area contributed by atoms with Gasteiger partial charge in [-0.1, -0.05) is 42.1 Å². The number of likely N-dealkylation sites (tertiary alicyclic amines) is 1. The zero-order valence-electron chi connectivity index (χ0n) is 15.9. The summed E-state index contributed by atoms with van der Waals surface area (Å²) < 4.78 is 0. The van der Waals surface area contributed by atoms with Crippen LogP contribution in [-0.2, 0) is 14.4 Å². The Morgan fingerprint density at radius 3 is 2.31 bits per heavy atom. The normalized spacial score (nSPS) is 21.0. The van der Waals surface area contributed by atoms with Gasteiger partial charge in [0, 0.05) is 9.79 Å². The van der Waals surface area contributed by atoms with E-state index in [1.54, 1.807) is 6.07 Å². The Balaban J connectivity index is 1.53. The number of aliphatic carboxylic acids is 1. The maximum absolute atomic E-state index is 13.2. The Kier molecular flexibility index (Phi) is 5.69. The van der Waals surface area contributed by atoms with Crippen LogP contribution in [0.2, 0.25) is 0 Å². The van der Waals surface area contributed by atoms with E-state index in [9.17, 15) is 19.5 Å². The zero-order valence-corrected chi connectivity index (χ0v) is 16.7. The van der Waals surface area contributed by atoms with Crippen LogP contribution in [0.5, 0.6) is 0 Å². The summed E-state index contributed by atoms with van der Waals surface area (Å²) in [4.78, 5) is 42.3. The SMILES string of the molecule is O=C(O)C1CCN(C2CC(=O)N(c3ccccc3Sc3ccccc3)C2=O)CC1. The van der Waals surface area contributed by atoms with Crippen molar-refractivity contribution in [3.8, 4) is 0 Å². The predicted molar refractivity (Wildman–Crippen MR) is 110 cm³/mol. The van der Waals surface area contributed by atoms with E-state index in [0.29, 0.717) is 31.6 Å². The summed E-state index contributed by atoms with van der Waals surface area (Å²) in [6.07, 6.45) is 1.16. The van der Waals surface area contributed by atoms with Crippen LogP contribution in [0.1, 0.15) is 19.3 Å². The van der Waals surface area contributed by atoms with Gasteiger partial charge in [-0.3, -0.25) is 19.3 Å². The summed E-state index contributed by atoms with van der Waals surface area (Å²) in [7, 11) is 0. The first kappa shape index (κ1) is 19.7. The number of amides is 2. The van der Waals surface area contributed by atoms with E-state index in [1.165, 1.54) is 16.7 Å². The van der Waals surface area contributed by atoms with Gasteiger partial charge in [-0.25, -0.2) is 4.90 Å². The molecular weight excluding hydrogens is 388 g/mol. The second kappa shape index (κ2) is 8.39. The molecular formula is C22H22N2O4S. The van der Waals surface area contributed by atoms with Crippen molar-refractivity contribution in [1.82, 2.24) is 4.90 Å². The lowest BCUT2D eigenvalue weighted by Gasteiger charge is -2.33. The number of para-hydroxylation sites is 1. The highest BCUT2D eigenvalue weighted by atomic mass is 32.2. The molecule has 2 aromatic rings. The molecule has 0 spiro atoms. The van der Waals surface area contributed by atoms with Crippen LogP contribution >= 0.6 is 11.8 Å². The standard InChI is InChI=1S/C22H22N2O4S/c25-20-14-18(23-12-10-15(11-13-23)22(27)28)21(26)24(20)17-8-4-5-9-19(17)29-16-6-2-1-3-7-16/h1-9,15,18H,10-14H2,(H,27,28). The monoisotopic (exact) mass is 410 g/mol. The lowest BCUT2D eigenvalue weighted by Crippen LogP contribution is -2.46. The van der Waals surface area contributed by atoms with Crippen LogP contribution in [0.15, 0.2) is 64.4 Å². The number of piperidine rings is 1. The van der Waals surface area contributed by atoms with E-state index in [-0.39, 0.29) is 24.2 Å². The van der Waals surface area contributed by atoms with Gasteiger partial charge in [-0.15, -0.1) is 0 Å². The van der Waals surface area contributed by atoms with E-state index in [4.69, 9.17) is 0 Å². The summed E-state index contributed by atoms with van der Waals surface area (Å²) in [5.41, 5.74) is 0.610. The largest absolute Gasteiger partial charge is 0.481 e. The van der Waals surface area contributed by atoms with E-state index in [0.717, 1.165) is 9.79 Å². The number of carbonyl (C=O) groups excluding carboxylic acids is 2. The van der Waals surface area contributed by atoms with E-state index in [2.05, 4.69) is 0 Å². The van der Waals surface area contributed by atoms with Crippen molar-refractivity contribution < 1.29 is 19.5 Å². The quantitative estimate of drug-likeness (QED) is 0.763. The van der Waals surface area contributed by atoms with Gasteiger partial charge in [0.25, 0.3) is 5.91 Å². The van der Waals surface area contributed by atoms with Gasteiger partial charge in [0.15, 0.2) is 0 Å². The van der Waals surface area contributed by atoms with Gasteiger partial charge in [0.2, 0.25) is 5.91 Å². The number of carboxylic acids is 1. The molecule has 7 heteroatoms. The molecule has 2 saturated heterocycles. The highest BCUT2D eigenvalue weighted by Crippen LogP contribution is 2.38. The fourth-order valence-electron chi connectivity index (χ4n) is 3.96. The Morgan fingerprint density at radius 1 is 0.966 bits per heavy atom. The molecule has 2 aromatic carbocycles. The number of nitrogens with zero attached hydrogens (tertiary/aromatic N) is 2. The highest BCUT2D eigenvalue weighted by Gasteiger charge is 2.44. The Morgan fingerprint density at radius 2 is 1.62 bits per heavy atom. The van der Waals surface area contributed by atoms with Crippen molar-refractivity contribution >= 4 is 35.2 Å². The number of hydrogen-bond acceptors (Lipinski definition) is 5. The van der Waals surface area contributed by atoms with Crippen LogP contribution < -0.4 is 4.90 Å². The maximum atomic E-state index is 13.2. The van der Waals surface area contributed by atoms with Gasteiger partial charge in [0.1, 0.15) is 0 Å². The van der Waals surface area contributed by atoms with Gasteiger partial charge in [-0.05, 0) is 50.2 Å². The summed E-state index contributed by atoms with van der Waals surface area (Å²) in [5.74, 6) is -1.57. The molecule has 0 aliphatic carbocycles. The number of carboxylic acid groups (broad SMARTS) is 1. The molecule has 4 rings (SSSR count). The highest BCUT2D eigenvalue weighted by molar-refractivity contribution is 7.99. The topological polar surface area (TPSA) is 77.9 Å². The maximum Gasteiger partial charge on any atom is 0.306 e. The lowest BCUT2D eigenvalue weighted by atomic mass is 9.96. The first-order valence-corrected chi connectivity index (χ1v) is 10.5. The van der Waals surface area contributed by atoms with E-state index >= 15 is 0 Å². The lowest BCUT2D eigenvalue weighted by molar-refractivity contribution is -0.143. The molecule has 29 heavy (non-hydrogen) atoms. The molecule has 2 heterocycles. The number of hydrogen-bond donors (Lipinski definition) is 1. The van der Waals surface area contributed by atoms with Gasteiger partial charge in [0.05, 0.1) is 24.1 Å². The molecule has 2 amide bonds. The minimum atomic E-state index is -0.785. The fraction of sp³-hybridized carbons (Fsp3) is 0.318. The van der Waals surface area contributed by atoms with Crippen LogP contribution in [-0.4, -0.2) is 46.9 Å². The van der Waals surface area contributed by atoms with Crippen molar-refractivity contribution in [3.63, 3.8) is 0 Å². The van der Waals surface area contributed by atoms with Crippen molar-refractivity contribution in [2.24, 2.45) is 5.92 Å². The molecule has 2 fully saturated rings. The predicted octanol–water partition coefficient (Wildman–Crippen LogP) is 3.27. The molecule has 0 saturated carbocycles. The second-order valence-corrected chi connectivity index (χ2v) is 8.43. The molecule has 1 unspecified atom stereocenters. The summed E-state index contributed by atoms with van der Waals surface area (Å²) in [5, 5.41) is 9.18. The van der Waals surface area contributed by atoms with Crippen LogP contribution in [0.3, 0.4) is 0 Å². The van der Waals surface area contributed by atoms with Crippen molar-refractivity contribution in [3.05, 3.63) is 54.6 Å². The molecule has 2 aliphatic heterocycles. The molecule has 0 bridgehead atoms. The summed E-state index contributed by atoms with van der Waals surface area (Å²) >= 11 is 1.52. The third kappa shape index (κ3) is 4.06. The third-order valence-corrected chi connectivity index (χ3v) is 6.59. The number of benzene rings is 2. The zero-order chi connectivity index (χ0) is 20.4. The molecule has 1 atom stereocenters. The number of carbonyl (C=O) groups is 3. The number of anilines is 1. The first-order valence-electron chi connectivity index (χ1n) is 9.70. The smallest absolute Gasteiger partial charge is 0.306 e. The second-order valence-electron chi connectivity index (χ2n) is 7.32. The van der Waals surface area contributed by atoms with Crippen molar-refractivity contribution in [2.45, 2.75) is 35.1 Å². The molecule has 0 radical (unpaired) electrons. The first-order chi connectivity index (χ1) is 14.0. The Labute approximate surface area is 173 Å². The van der Waals surface area contributed by atoms with Crippen LogP contribution in [0.4, 0.5) is 5.69 Å². The Hall–Kier alpha value is -2.64. The molecule has 1 N–H and O–H groups in total. The minimum absolute atomic E-state index is 0.140. The molecule has 0 aromatic heterocycles. The van der Waals surface area contributed by atoms with E-state index < -0.39 is 12.0 Å². The number of imide groups is 1. The molecule has 2 aliphatic rings. The van der Waals surface area contributed by atoms with E-state index in [1.807, 2.05) is 53.4 Å². The van der Waals surface area contributed by atoms with Crippen LogP contribution in [0, 0.1) is 5.92 Å². The van der Waals surface area contributed by atoms with Crippen molar-refractivity contribution in [1.29, 1.82) is 0 Å². The van der Waals surface area contributed by atoms with Gasteiger partial charge < -0.3 is 5.11 Å². The fourth-order valence-corrected chi connectivity index (χ4v) is 4.91. The molecule has 6 nitrogen and oxygen atoms in total. The summed E-state index contributed by atoms with van der Waals surface area (Å²) in [6, 6.07) is 16.8.